The topological polar surface area (TPSA) is 61.9 Å². The van der Waals surface area contributed by atoms with Gasteiger partial charge in [0, 0.05) is 36.6 Å². The third-order valence-electron chi connectivity index (χ3n) is 5.62. The molecule has 0 spiro atoms. The first-order chi connectivity index (χ1) is 16.7. The van der Waals surface area contributed by atoms with E-state index in [1.807, 2.05) is 19.1 Å². The number of aryl methyl sites for hydroxylation is 1. The molecule has 1 heterocycles. The van der Waals surface area contributed by atoms with Gasteiger partial charge < -0.3 is 15.0 Å². The second-order valence-corrected chi connectivity index (χ2v) is 8.22. The van der Waals surface area contributed by atoms with Crippen molar-refractivity contribution in [2.75, 3.05) is 23.3 Å². The molecule has 3 amide bonds. The van der Waals surface area contributed by atoms with Crippen molar-refractivity contribution in [3.8, 4) is 5.75 Å². The van der Waals surface area contributed by atoms with Crippen molar-refractivity contribution in [3.05, 3.63) is 89.5 Å². The van der Waals surface area contributed by atoms with E-state index in [2.05, 4.69) is 10.1 Å². The van der Waals surface area contributed by atoms with Crippen LogP contribution in [0.4, 0.5) is 29.3 Å². The molecule has 3 aromatic rings. The van der Waals surface area contributed by atoms with E-state index < -0.39 is 6.36 Å². The Hall–Kier alpha value is -4.01. The Kier molecular flexibility index (Phi) is 6.95. The molecule has 1 saturated heterocycles. The monoisotopic (exact) mass is 483 g/mol. The zero-order chi connectivity index (χ0) is 25.0. The van der Waals surface area contributed by atoms with Crippen molar-refractivity contribution >= 4 is 23.3 Å². The van der Waals surface area contributed by atoms with Crippen molar-refractivity contribution in [1.29, 1.82) is 0 Å². The number of ether oxygens (including phenoxy) is 1. The van der Waals surface area contributed by atoms with Crippen LogP contribution in [0.15, 0.2) is 72.8 Å². The molecule has 0 unspecified atom stereocenters. The SMILES string of the molecule is Cc1ccccc1C(=O)Nc1cccc(N2CCCN(Cc3cccc(OC(F)(F)F)c3)C2=O)c1. The molecule has 0 bridgehead atoms. The summed E-state index contributed by atoms with van der Waals surface area (Å²) < 4.78 is 41.6. The number of rotatable bonds is 6. The summed E-state index contributed by atoms with van der Waals surface area (Å²) in [7, 11) is 0. The zero-order valence-corrected chi connectivity index (χ0v) is 19.0. The van der Waals surface area contributed by atoms with Gasteiger partial charge in [-0.2, -0.15) is 0 Å². The summed E-state index contributed by atoms with van der Waals surface area (Å²) in [6.45, 7) is 2.97. The summed E-state index contributed by atoms with van der Waals surface area (Å²) in [6, 6.07) is 19.6. The number of anilines is 2. The molecule has 0 radical (unpaired) electrons. The lowest BCUT2D eigenvalue weighted by Gasteiger charge is -2.36. The van der Waals surface area contributed by atoms with E-state index in [1.165, 1.54) is 18.2 Å². The summed E-state index contributed by atoms with van der Waals surface area (Å²) >= 11 is 0. The predicted molar refractivity (Wildman–Crippen MR) is 126 cm³/mol. The number of benzene rings is 3. The van der Waals surface area contributed by atoms with Crippen molar-refractivity contribution in [3.63, 3.8) is 0 Å². The van der Waals surface area contributed by atoms with Crippen LogP contribution in [0.5, 0.6) is 5.75 Å². The third-order valence-corrected chi connectivity index (χ3v) is 5.62. The minimum Gasteiger partial charge on any atom is -0.406 e. The van der Waals surface area contributed by atoms with Gasteiger partial charge in [0.25, 0.3) is 5.91 Å². The number of hydrogen-bond acceptors (Lipinski definition) is 3. The number of amides is 3. The highest BCUT2D eigenvalue weighted by Crippen LogP contribution is 2.27. The number of hydrogen-bond donors (Lipinski definition) is 1. The largest absolute Gasteiger partial charge is 0.573 e. The Morgan fingerprint density at radius 3 is 2.54 bits per heavy atom. The van der Waals surface area contributed by atoms with Crippen LogP contribution in [0.2, 0.25) is 0 Å². The molecular weight excluding hydrogens is 459 g/mol. The molecule has 1 N–H and O–H groups in total. The maximum absolute atomic E-state index is 13.2. The van der Waals surface area contributed by atoms with Crippen molar-refractivity contribution in [2.45, 2.75) is 26.3 Å². The van der Waals surface area contributed by atoms with Crippen molar-refractivity contribution in [1.82, 2.24) is 4.90 Å². The molecule has 0 atom stereocenters. The summed E-state index contributed by atoms with van der Waals surface area (Å²) in [5.41, 5.74) is 3.12. The first-order valence-corrected chi connectivity index (χ1v) is 11.1. The van der Waals surface area contributed by atoms with E-state index in [9.17, 15) is 22.8 Å². The molecule has 1 fully saturated rings. The maximum atomic E-state index is 13.2. The fourth-order valence-electron chi connectivity index (χ4n) is 4.01. The van der Waals surface area contributed by atoms with E-state index in [0.717, 1.165) is 5.56 Å². The number of carbonyl (C=O) groups excluding carboxylic acids is 2. The van der Waals surface area contributed by atoms with Gasteiger partial charge in [0.2, 0.25) is 0 Å². The molecule has 0 saturated carbocycles. The predicted octanol–water partition coefficient (Wildman–Crippen LogP) is 5.98. The van der Waals surface area contributed by atoms with Gasteiger partial charge in [-0.1, -0.05) is 36.4 Å². The lowest BCUT2D eigenvalue weighted by molar-refractivity contribution is -0.274. The van der Waals surface area contributed by atoms with Crippen LogP contribution in [-0.4, -0.2) is 36.3 Å². The number of urea groups is 1. The average Bonchev–Trinajstić information content (AvgIpc) is 2.80. The third kappa shape index (κ3) is 6.11. The van der Waals surface area contributed by atoms with Gasteiger partial charge in [-0.25, -0.2) is 4.79 Å². The Morgan fingerprint density at radius 2 is 1.77 bits per heavy atom. The number of nitrogens with one attached hydrogen (secondary N) is 1. The van der Waals surface area contributed by atoms with E-state index in [4.69, 9.17) is 0 Å². The van der Waals surface area contributed by atoms with Gasteiger partial charge in [-0.15, -0.1) is 13.2 Å². The Morgan fingerprint density at radius 1 is 1.00 bits per heavy atom. The van der Waals surface area contributed by atoms with E-state index in [1.54, 1.807) is 52.3 Å². The quantitative estimate of drug-likeness (QED) is 0.469. The van der Waals surface area contributed by atoms with Gasteiger partial charge in [0.15, 0.2) is 0 Å². The van der Waals surface area contributed by atoms with Gasteiger partial charge in [-0.05, 0) is 60.9 Å². The second-order valence-electron chi connectivity index (χ2n) is 8.22. The normalized spacial score (nSPS) is 14.1. The van der Waals surface area contributed by atoms with Crippen LogP contribution < -0.4 is 15.0 Å². The highest BCUT2D eigenvalue weighted by Gasteiger charge is 2.31. The number of nitrogens with zero attached hydrogens (tertiary/aromatic N) is 2. The fraction of sp³-hybridized carbons (Fsp3) is 0.231. The van der Waals surface area contributed by atoms with Crippen LogP contribution in [-0.2, 0) is 6.54 Å². The first kappa shape index (κ1) is 24.1. The lowest BCUT2D eigenvalue weighted by Crippen LogP contribution is -2.49. The molecule has 182 valence electrons. The lowest BCUT2D eigenvalue weighted by atomic mass is 10.1. The van der Waals surface area contributed by atoms with Gasteiger partial charge in [0.05, 0.1) is 0 Å². The average molecular weight is 483 g/mol. The Bertz CT molecular complexity index is 1230. The molecule has 1 aliphatic heterocycles. The Balaban J connectivity index is 1.46. The van der Waals surface area contributed by atoms with Gasteiger partial charge in [0.1, 0.15) is 5.75 Å². The smallest absolute Gasteiger partial charge is 0.406 e. The second kappa shape index (κ2) is 10.1. The van der Waals surface area contributed by atoms with Crippen molar-refractivity contribution < 1.29 is 27.5 Å². The van der Waals surface area contributed by atoms with Crippen LogP contribution >= 0.6 is 0 Å². The molecule has 3 aromatic carbocycles. The van der Waals surface area contributed by atoms with Crippen LogP contribution in [0, 0.1) is 6.92 Å². The highest BCUT2D eigenvalue weighted by molar-refractivity contribution is 6.05. The van der Waals surface area contributed by atoms with E-state index in [0.29, 0.717) is 42.0 Å². The summed E-state index contributed by atoms with van der Waals surface area (Å²) in [5, 5.41) is 2.87. The fourth-order valence-corrected chi connectivity index (χ4v) is 4.01. The maximum Gasteiger partial charge on any atom is 0.573 e. The van der Waals surface area contributed by atoms with Crippen LogP contribution in [0.25, 0.3) is 0 Å². The summed E-state index contributed by atoms with van der Waals surface area (Å²) in [5.74, 6) is -0.568. The van der Waals surface area contributed by atoms with Crippen LogP contribution in [0.1, 0.15) is 27.9 Å². The standard InChI is InChI=1S/C26H24F3N3O3/c1-18-7-2-3-12-23(18)24(33)30-20-9-5-10-21(16-20)32-14-6-13-31(25(32)34)17-19-8-4-11-22(15-19)35-26(27,28)29/h2-5,7-12,15-16H,6,13-14,17H2,1H3,(H,30,33). The zero-order valence-electron chi connectivity index (χ0n) is 19.0. The van der Waals surface area contributed by atoms with Gasteiger partial charge in [-0.3, -0.25) is 9.69 Å². The molecular formula is C26H24F3N3O3. The van der Waals surface area contributed by atoms with Crippen LogP contribution in [0.3, 0.4) is 0 Å². The van der Waals surface area contributed by atoms with E-state index >= 15 is 0 Å². The number of carbonyl (C=O) groups is 2. The molecule has 6 nitrogen and oxygen atoms in total. The Labute approximate surface area is 200 Å². The summed E-state index contributed by atoms with van der Waals surface area (Å²) in [6.07, 6.45) is -4.10. The first-order valence-electron chi connectivity index (χ1n) is 11.1. The molecule has 35 heavy (non-hydrogen) atoms. The van der Waals surface area contributed by atoms with E-state index in [-0.39, 0.29) is 24.2 Å². The van der Waals surface area contributed by atoms with Crippen molar-refractivity contribution in [2.24, 2.45) is 0 Å². The molecule has 9 heteroatoms. The number of alkyl halides is 3. The number of halogens is 3. The molecule has 0 aliphatic carbocycles. The molecule has 1 aliphatic rings. The highest BCUT2D eigenvalue weighted by atomic mass is 19.4. The molecule has 4 rings (SSSR count). The molecule has 0 aromatic heterocycles. The summed E-state index contributed by atoms with van der Waals surface area (Å²) in [4.78, 5) is 29.1. The minimum atomic E-state index is -4.78. The van der Waals surface area contributed by atoms with Gasteiger partial charge >= 0.3 is 12.4 Å². The minimum absolute atomic E-state index is 0.147.